The van der Waals surface area contributed by atoms with E-state index in [0.29, 0.717) is 12.2 Å². The summed E-state index contributed by atoms with van der Waals surface area (Å²) >= 11 is 7.68. The largest absolute Gasteiger partial charge is 0.480 e. The molecule has 1 aromatic heterocycles. The summed E-state index contributed by atoms with van der Waals surface area (Å²) in [5.74, 6) is -1.43. The summed E-state index contributed by atoms with van der Waals surface area (Å²) < 4.78 is 0.966. The van der Waals surface area contributed by atoms with Crippen LogP contribution in [0.25, 0.3) is 10.9 Å². The van der Waals surface area contributed by atoms with Crippen LogP contribution in [-0.2, 0) is 22.4 Å². The first-order valence-corrected chi connectivity index (χ1v) is 10.3. The molecule has 1 heterocycles. The number of aliphatic carboxylic acids is 1. The number of carboxylic acid groups (broad SMARTS) is 1. The van der Waals surface area contributed by atoms with Crippen molar-refractivity contribution < 1.29 is 14.7 Å². The van der Waals surface area contributed by atoms with E-state index in [2.05, 4.69) is 38.9 Å². The minimum atomic E-state index is -1.06. The van der Waals surface area contributed by atoms with Crippen LogP contribution in [0.2, 0.25) is 0 Å². The van der Waals surface area contributed by atoms with E-state index >= 15 is 0 Å². The van der Waals surface area contributed by atoms with Gasteiger partial charge in [0.2, 0.25) is 5.91 Å². The number of carbonyl (C=O) groups excluding carboxylic acids is 1. The predicted molar refractivity (Wildman–Crippen MR) is 117 cm³/mol. The number of benzene rings is 2. The van der Waals surface area contributed by atoms with Crippen molar-refractivity contribution in [3.63, 3.8) is 0 Å². The monoisotopic (exact) mass is 460 g/mol. The van der Waals surface area contributed by atoms with Crippen molar-refractivity contribution in [2.24, 2.45) is 5.92 Å². The lowest BCUT2D eigenvalue weighted by Gasteiger charge is -2.19. The molecule has 146 valence electrons. The Morgan fingerprint density at radius 2 is 1.82 bits per heavy atom. The summed E-state index contributed by atoms with van der Waals surface area (Å²) in [6.45, 7) is 0. The predicted octanol–water partition coefficient (Wildman–Crippen LogP) is 3.83. The zero-order valence-corrected chi connectivity index (χ0v) is 17.5. The van der Waals surface area contributed by atoms with Crippen LogP contribution < -0.4 is 5.32 Å². The van der Waals surface area contributed by atoms with Crippen LogP contribution in [0, 0.1) is 5.92 Å². The molecule has 2 atom stereocenters. The average molecular weight is 461 g/mol. The number of hydrogen-bond donors (Lipinski definition) is 4. The van der Waals surface area contributed by atoms with Gasteiger partial charge in [-0.05, 0) is 35.7 Å². The van der Waals surface area contributed by atoms with Crippen molar-refractivity contribution in [1.29, 1.82) is 0 Å². The third kappa shape index (κ3) is 4.97. The molecule has 3 aromatic rings. The van der Waals surface area contributed by atoms with Gasteiger partial charge in [-0.1, -0.05) is 46.3 Å². The number of carboxylic acids is 1. The topological polar surface area (TPSA) is 82.2 Å². The summed E-state index contributed by atoms with van der Waals surface area (Å²) in [6, 6.07) is 14.4. The first-order chi connectivity index (χ1) is 13.5. The molecule has 0 radical (unpaired) electrons. The number of rotatable bonds is 8. The number of aromatic amines is 1. The van der Waals surface area contributed by atoms with Gasteiger partial charge >= 0.3 is 5.97 Å². The van der Waals surface area contributed by atoms with Crippen LogP contribution in [-0.4, -0.2) is 33.8 Å². The first kappa shape index (κ1) is 20.5. The van der Waals surface area contributed by atoms with Gasteiger partial charge < -0.3 is 15.4 Å². The Kier molecular flexibility index (Phi) is 6.80. The smallest absolute Gasteiger partial charge is 0.326 e. The summed E-state index contributed by atoms with van der Waals surface area (Å²) in [6.07, 6.45) is 2.51. The molecular formula is C21H21BrN2O3S. The van der Waals surface area contributed by atoms with Crippen LogP contribution in [0.4, 0.5) is 0 Å². The van der Waals surface area contributed by atoms with Gasteiger partial charge in [-0.2, -0.15) is 12.6 Å². The standard InChI is InChI=1S/C21H21BrN2O3S/c22-16-7-5-13(6-8-16)9-15(12-28)20(25)24-19(21(26)27)10-14-11-23-18-4-2-1-3-17(14)18/h1-8,11,15,19,23,28H,9-10,12H2,(H,24,25)(H,26,27)/t15?,19-/m0/s1. The maximum absolute atomic E-state index is 12.7. The number of nitrogens with one attached hydrogen (secondary N) is 2. The number of fused-ring (bicyclic) bond motifs is 1. The number of aromatic nitrogens is 1. The zero-order chi connectivity index (χ0) is 20.1. The van der Waals surface area contributed by atoms with Gasteiger partial charge in [-0.3, -0.25) is 4.79 Å². The number of carbonyl (C=O) groups is 2. The Balaban J connectivity index is 1.70. The molecule has 1 unspecified atom stereocenters. The highest BCUT2D eigenvalue weighted by Crippen LogP contribution is 2.20. The summed E-state index contributed by atoms with van der Waals surface area (Å²) in [5, 5.41) is 13.3. The van der Waals surface area contributed by atoms with E-state index in [4.69, 9.17) is 0 Å². The molecule has 0 fully saturated rings. The molecule has 2 aromatic carbocycles. The van der Waals surface area contributed by atoms with E-state index in [-0.39, 0.29) is 12.3 Å². The Labute approximate surface area is 177 Å². The van der Waals surface area contributed by atoms with Crippen molar-refractivity contribution in [3.05, 3.63) is 70.3 Å². The molecule has 0 aliphatic carbocycles. The van der Waals surface area contributed by atoms with Crippen molar-refractivity contribution in [3.8, 4) is 0 Å². The normalized spacial score (nSPS) is 13.2. The van der Waals surface area contributed by atoms with Gasteiger partial charge in [0, 0.05) is 33.7 Å². The molecule has 0 saturated carbocycles. The molecule has 0 bridgehead atoms. The van der Waals surface area contributed by atoms with Crippen molar-refractivity contribution in [2.45, 2.75) is 18.9 Å². The van der Waals surface area contributed by atoms with Crippen molar-refractivity contribution >= 4 is 51.3 Å². The number of para-hydroxylation sites is 1. The van der Waals surface area contributed by atoms with E-state index in [1.54, 1.807) is 6.20 Å². The fraction of sp³-hybridized carbons (Fsp3) is 0.238. The second-order valence-electron chi connectivity index (χ2n) is 6.67. The number of thiol groups is 1. The molecule has 1 amide bonds. The fourth-order valence-electron chi connectivity index (χ4n) is 3.16. The van der Waals surface area contributed by atoms with Gasteiger partial charge in [0.05, 0.1) is 5.92 Å². The van der Waals surface area contributed by atoms with Gasteiger partial charge in [-0.15, -0.1) is 0 Å². The molecule has 0 saturated heterocycles. The molecular weight excluding hydrogens is 440 g/mol. The first-order valence-electron chi connectivity index (χ1n) is 8.91. The SMILES string of the molecule is O=C(N[C@@H](Cc1c[nH]c2ccccc12)C(=O)O)C(CS)Cc1ccc(Br)cc1. The lowest BCUT2D eigenvalue weighted by molar-refractivity contribution is -0.142. The Bertz CT molecular complexity index is 971. The number of halogens is 1. The maximum atomic E-state index is 12.7. The van der Waals surface area contributed by atoms with E-state index in [9.17, 15) is 14.7 Å². The maximum Gasteiger partial charge on any atom is 0.326 e. The minimum absolute atomic E-state index is 0.211. The summed E-state index contributed by atoms with van der Waals surface area (Å²) in [7, 11) is 0. The molecule has 0 aliphatic rings. The van der Waals surface area contributed by atoms with Crippen molar-refractivity contribution in [1.82, 2.24) is 10.3 Å². The quantitative estimate of drug-likeness (QED) is 0.385. The zero-order valence-electron chi connectivity index (χ0n) is 15.1. The van der Waals surface area contributed by atoms with E-state index < -0.39 is 17.9 Å². The van der Waals surface area contributed by atoms with Gasteiger partial charge in [-0.25, -0.2) is 4.79 Å². The molecule has 7 heteroatoms. The van der Waals surface area contributed by atoms with Crippen LogP contribution in [0.15, 0.2) is 59.2 Å². The molecule has 28 heavy (non-hydrogen) atoms. The number of hydrogen-bond acceptors (Lipinski definition) is 3. The third-order valence-electron chi connectivity index (χ3n) is 4.70. The Morgan fingerprint density at radius 1 is 1.11 bits per heavy atom. The Hall–Kier alpha value is -2.25. The molecule has 0 spiro atoms. The van der Waals surface area contributed by atoms with Gasteiger partial charge in [0.1, 0.15) is 6.04 Å². The number of H-pyrrole nitrogens is 1. The molecule has 0 aliphatic heterocycles. The minimum Gasteiger partial charge on any atom is -0.480 e. The van der Waals surface area contributed by atoms with Gasteiger partial charge in [0.15, 0.2) is 0 Å². The highest BCUT2D eigenvalue weighted by atomic mass is 79.9. The third-order valence-corrected chi connectivity index (χ3v) is 5.67. The van der Waals surface area contributed by atoms with Crippen LogP contribution in [0.3, 0.4) is 0 Å². The van der Waals surface area contributed by atoms with Crippen LogP contribution in [0.5, 0.6) is 0 Å². The van der Waals surface area contributed by atoms with Gasteiger partial charge in [0.25, 0.3) is 0 Å². The Morgan fingerprint density at radius 3 is 2.50 bits per heavy atom. The fourth-order valence-corrected chi connectivity index (χ4v) is 3.71. The molecule has 3 N–H and O–H groups in total. The van der Waals surface area contributed by atoms with Crippen LogP contribution >= 0.6 is 28.6 Å². The average Bonchev–Trinajstić information content (AvgIpc) is 3.10. The summed E-state index contributed by atoms with van der Waals surface area (Å²) in [4.78, 5) is 27.6. The highest BCUT2D eigenvalue weighted by molar-refractivity contribution is 9.10. The second-order valence-corrected chi connectivity index (χ2v) is 7.95. The lowest BCUT2D eigenvalue weighted by atomic mass is 9.99. The van der Waals surface area contributed by atoms with Crippen molar-refractivity contribution in [2.75, 3.05) is 5.75 Å². The van der Waals surface area contributed by atoms with E-state index in [1.165, 1.54) is 0 Å². The highest BCUT2D eigenvalue weighted by Gasteiger charge is 2.26. The van der Waals surface area contributed by atoms with E-state index in [1.807, 2.05) is 48.5 Å². The van der Waals surface area contributed by atoms with E-state index in [0.717, 1.165) is 26.5 Å². The van der Waals surface area contributed by atoms with Crippen LogP contribution in [0.1, 0.15) is 11.1 Å². The summed E-state index contributed by atoms with van der Waals surface area (Å²) in [5.41, 5.74) is 2.80. The molecule has 3 rings (SSSR count). The molecule has 5 nitrogen and oxygen atoms in total. The number of amides is 1. The second kappa shape index (κ2) is 9.30. The lowest BCUT2D eigenvalue weighted by Crippen LogP contribution is -2.45.